The van der Waals surface area contributed by atoms with Gasteiger partial charge in [0.15, 0.2) is 0 Å². The quantitative estimate of drug-likeness (QED) is 0.794. The summed E-state index contributed by atoms with van der Waals surface area (Å²) in [4.78, 5) is 16.1. The Labute approximate surface area is 130 Å². The van der Waals surface area contributed by atoms with Gasteiger partial charge in [0.1, 0.15) is 12.7 Å². The molecule has 0 radical (unpaired) electrons. The van der Waals surface area contributed by atoms with Gasteiger partial charge >= 0.3 is 0 Å². The minimum atomic E-state index is 0.0779. The summed E-state index contributed by atoms with van der Waals surface area (Å²) in [6.45, 7) is 0.536. The Bertz CT molecular complexity index is 728. The van der Waals surface area contributed by atoms with E-state index in [0.29, 0.717) is 23.5 Å². The average Bonchev–Trinajstić information content (AvgIpc) is 3.00. The molecular formula is C12H9Cl2N7. The third-order valence-corrected chi connectivity index (χ3v) is 3.00. The third kappa shape index (κ3) is 3.45. The SMILES string of the molecule is Clc1ccc(CNc2nc(Cl)nc(-n3cncn3)n2)cc1. The summed E-state index contributed by atoms with van der Waals surface area (Å²) in [6, 6.07) is 7.46. The monoisotopic (exact) mass is 321 g/mol. The maximum atomic E-state index is 5.89. The summed E-state index contributed by atoms with van der Waals surface area (Å²) >= 11 is 11.7. The molecule has 3 rings (SSSR count). The fraction of sp³-hybridized carbons (Fsp3) is 0.0833. The fourth-order valence-corrected chi connectivity index (χ4v) is 1.90. The number of hydrogen-bond donors (Lipinski definition) is 1. The summed E-state index contributed by atoms with van der Waals surface area (Å²) < 4.78 is 1.40. The van der Waals surface area contributed by atoms with Gasteiger partial charge < -0.3 is 5.32 Å². The van der Waals surface area contributed by atoms with Crippen LogP contribution in [0, 0.1) is 0 Å². The molecule has 1 N–H and O–H groups in total. The highest BCUT2D eigenvalue weighted by Gasteiger charge is 2.07. The van der Waals surface area contributed by atoms with Gasteiger partial charge in [-0.3, -0.25) is 0 Å². The lowest BCUT2D eigenvalue weighted by Crippen LogP contribution is -2.09. The molecule has 106 valence electrons. The highest BCUT2D eigenvalue weighted by atomic mass is 35.5. The molecule has 0 saturated carbocycles. The molecule has 2 aromatic heterocycles. The molecule has 0 spiro atoms. The first-order valence-electron chi connectivity index (χ1n) is 5.95. The maximum Gasteiger partial charge on any atom is 0.258 e. The molecule has 0 fully saturated rings. The zero-order valence-electron chi connectivity index (χ0n) is 10.6. The fourth-order valence-electron chi connectivity index (χ4n) is 1.62. The van der Waals surface area contributed by atoms with Crippen LogP contribution in [-0.2, 0) is 6.54 Å². The number of nitrogens with one attached hydrogen (secondary N) is 1. The van der Waals surface area contributed by atoms with E-state index in [4.69, 9.17) is 23.2 Å². The number of aromatic nitrogens is 6. The van der Waals surface area contributed by atoms with E-state index in [1.165, 1.54) is 17.3 Å². The molecule has 3 aromatic rings. The predicted octanol–water partition coefficient (Wildman–Crippen LogP) is 2.37. The van der Waals surface area contributed by atoms with E-state index in [1.54, 1.807) is 0 Å². The molecule has 9 heteroatoms. The summed E-state index contributed by atoms with van der Waals surface area (Å²) in [5.74, 6) is 0.654. The van der Waals surface area contributed by atoms with Crippen molar-refractivity contribution in [3.63, 3.8) is 0 Å². The van der Waals surface area contributed by atoms with E-state index < -0.39 is 0 Å². The molecule has 0 unspecified atom stereocenters. The van der Waals surface area contributed by atoms with Crippen LogP contribution in [-0.4, -0.2) is 29.7 Å². The Kier molecular flexibility index (Phi) is 3.94. The minimum Gasteiger partial charge on any atom is -0.350 e. The lowest BCUT2D eigenvalue weighted by Gasteiger charge is -2.06. The van der Waals surface area contributed by atoms with Crippen molar-refractivity contribution in [3.8, 4) is 5.95 Å². The van der Waals surface area contributed by atoms with Gasteiger partial charge in [0.2, 0.25) is 11.2 Å². The zero-order valence-corrected chi connectivity index (χ0v) is 12.1. The van der Waals surface area contributed by atoms with Crippen LogP contribution in [0.3, 0.4) is 0 Å². The Morgan fingerprint density at radius 3 is 2.57 bits per heavy atom. The van der Waals surface area contributed by atoms with Gasteiger partial charge in [0.25, 0.3) is 5.95 Å². The topological polar surface area (TPSA) is 81.4 Å². The standard InChI is InChI=1S/C12H9Cl2N7/c13-9-3-1-8(2-4-9)5-16-11-18-10(14)19-12(20-11)21-7-15-6-17-21/h1-4,6-7H,5H2,(H,16,18,19,20). The summed E-state index contributed by atoms with van der Waals surface area (Å²) in [5, 5.41) is 7.79. The molecule has 21 heavy (non-hydrogen) atoms. The number of nitrogens with zero attached hydrogens (tertiary/aromatic N) is 6. The summed E-state index contributed by atoms with van der Waals surface area (Å²) in [6.07, 6.45) is 2.87. The third-order valence-electron chi connectivity index (χ3n) is 2.58. The van der Waals surface area contributed by atoms with Crippen molar-refractivity contribution in [2.45, 2.75) is 6.54 Å². The van der Waals surface area contributed by atoms with Gasteiger partial charge in [0, 0.05) is 11.6 Å². The normalized spacial score (nSPS) is 10.6. The number of anilines is 1. The number of rotatable bonds is 4. The van der Waals surface area contributed by atoms with Crippen LogP contribution in [0.25, 0.3) is 5.95 Å². The van der Waals surface area contributed by atoms with Crippen molar-refractivity contribution in [1.29, 1.82) is 0 Å². The van der Waals surface area contributed by atoms with Gasteiger partial charge in [-0.25, -0.2) is 4.98 Å². The Morgan fingerprint density at radius 2 is 1.86 bits per heavy atom. The Hall–Kier alpha value is -2.25. The first-order valence-corrected chi connectivity index (χ1v) is 6.71. The highest BCUT2D eigenvalue weighted by Crippen LogP contribution is 2.12. The van der Waals surface area contributed by atoms with Gasteiger partial charge in [-0.05, 0) is 29.3 Å². The van der Waals surface area contributed by atoms with E-state index >= 15 is 0 Å². The van der Waals surface area contributed by atoms with E-state index in [1.807, 2.05) is 24.3 Å². The second kappa shape index (κ2) is 6.02. The van der Waals surface area contributed by atoms with E-state index in [-0.39, 0.29) is 5.28 Å². The van der Waals surface area contributed by atoms with Gasteiger partial charge in [-0.1, -0.05) is 23.7 Å². The van der Waals surface area contributed by atoms with E-state index in [0.717, 1.165) is 5.56 Å². The molecule has 0 atom stereocenters. The second-order valence-electron chi connectivity index (χ2n) is 4.05. The van der Waals surface area contributed by atoms with E-state index in [9.17, 15) is 0 Å². The maximum absolute atomic E-state index is 5.89. The smallest absolute Gasteiger partial charge is 0.258 e. The molecule has 1 aromatic carbocycles. The van der Waals surface area contributed by atoms with Crippen LogP contribution >= 0.6 is 23.2 Å². The minimum absolute atomic E-state index is 0.0779. The summed E-state index contributed by atoms with van der Waals surface area (Å²) in [7, 11) is 0. The molecule has 0 bridgehead atoms. The van der Waals surface area contributed by atoms with Crippen molar-refractivity contribution in [2.75, 3.05) is 5.32 Å². The van der Waals surface area contributed by atoms with Crippen LogP contribution in [0.4, 0.5) is 5.95 Å². The Balaban J connectivity index is 1.78. The number of benzene rings is 1. The van der Waals surface area contributed by atoms with Crippen LogP contribution < -0.4 is 5.32 Å². The van der Waals surface area contributed by atoms with Gasteiger partial charge in [-0.15, -0.1) is 0 Å². The molecule has 0 aliphatic heterocycles. The molecule has 7 nitrogen and oxygen atoms in total. The summed E-state index contributed by atoms with van der Waals surface area (Å²) in [5.41, 5.74) is 1.04. The number of hydrogen-bond acceptors (Lipinski definition) is 6. The first kappa shape index (κ1) is 13.7. The van der Waals surface area contributed by atoms with Crippen molar-refractivity contribution < 1.29 is 0 Å². The van der Waals surface area contributed by atoms with Gasteiger partial charge in [0.05, 0.1) is 0 Å². The highest BCUT2D eigenvalue weighted by molar-refractivity contribution is 6.30. The van der Waals surface area contributed by atoms with Crippen molar-refractivity contribution in [2.24, 2.45) is 0 Å². The molecule has 0 amide bonds. The molecule has 0 saturated heterocycles. The van der Waals surface area contributed by atoms with Crippen LogP contribution in [0.5, 0.6) is 0 Å². The molecular weight excluding hydrogens is 313 g/mol. The average molecular weight is 322 g/mol. The zero-order chi connectivity index (χ0) is 14.7. The van der Waals surface area contributed by atoms with Crippen LogP contribution in [0.1, 0.15) is 5.56 Å². The molecule has 0 aliphatic rings. The van der Waals surface area contributed by atoms with Crippen LogP contribution in [0.2, 0.25) is 10.3 Å². The van der Waals surface area contributed by atoms with Crippen LogP contribution in [0.15, 0.2) is 36.9 Å². The molecule has 0 aliphatic carbocycles. The molecule has 2 heterocycles. The van der Waals surface area contributed by atoms with Crippen molar-refractivity contribution in [3.05, 3.63) is 52.8 Å². The first-order chi connectivity index (χ1) is 10.2. The number of halogens is 2. The van der Waals surface area contributed by atoms with Gasteiger partial charge in [-0.2, -0.15) is 24.7 Å². The van der Waals surface area contributed by atoms with E-state index in [2.05, 4.69) is 30.4 Å². The lowest BCUT2D eigenvalue weighted by atomic mass is 10.2. The van der Waals surface area contributed by atoms with Crippen molar-refractivity contribution >= 4 is 29.2 Å². The second-order valence-corrected chi connectivity index (χ2v) is 4.82. The predicted molar refractivity (Wildman–Crippen MR) is 78.5 cm³/mol. The Morgan fingerprint density at radius 1 is 1.05 bits per heavy atom. The largest absolute Gasteiger partial charge is 0.350 e. The van der Waals surface area contributed by atoms with Crippen molar-refractivity contribution in [1.82, 2.24) is 29.7 Å². The lowest BCUT2D eigenvalue weighted by molar-refractivity contribution is 0.793.